The van der Waals surface area contributed by atoms with Crippen LogP contribution in [0.25, 0.3) is 0 Å². The van der Waals surface area contributed by atoms with Crippen molar-refractivity contribution in [2.24, 2.45) is 0 Å². The number of hydrogen-bond donors (Lipinski definition) is 1. The van der Waals surface area contributed by atoms with Crippen LogP contribution < -0.4 is 0 Å². The van der Waals surface area contributed by atoms with E-state index in [0.29, 0.717) is 0 Å². The zero-order valence-electron chi connectivity index (χ0n) is 8.69. The van der Waals surface area contributed by atoms with Gasteiger partial charge in [0, 0.05) is 13.0 Å². The summed E-state index contributed by atoms with van der Waals surface area (Å²) in [6.45, 7) is 3.01. The molecule has 0 aromatic rings. The fourth-order valence-electron chi connectivity index (χ4n) is 2.15. The highest BCUT2D eigenvalue weighted by Gasteiger charge is 2.31. The van der Waals surface area contributed by atoms with Crippen molar-refractivity contribution in [2.45, 2.75) is 51.6 Å². The lowest BCUT2D eigenvalue weighted by atomic mass is 10.1. The monoisotopic (exact) mass is 199 g/mol. The fraction of sp³-hybridized carbons (Fsp3) is 0.800. The topological polar surface area (TPSA) is 57.6 Å². The fourth-order valence-corrected chi connectivity index (χ4v) is 2.15. The van der Waals surface area contributed by atoms with Crippen LogP contribution in [0.1, 0.15) is 39.5 Å². The van der Waals surface area contributed by atoms with Gasteiger partial charge in [0.25, 0.3) is 0 Å². The lowest BCUT2D eigenvalue weighted by Gasteiger charge is -2.31. The van der Waals surface area contributed by atoms with Crippen LogP contribution in [0, 0.1) is 0 Å². The molecule has 4 heteroatoms. The Hall–Kier alpha value is -1.06. The first-order valence-electron chi connectivity index (χ1n) is 5.05. The van der Waals surface area contributed by atoms with Crippen molar-refractivity contribution >= 4 is 11.9 Å². The predicted molar refractivity (Wildman–Crippen MR) is 51.9 cm³/mol. The summed E-state index contributed by atoms with van der Waals surface area (Å²) in [4.78, 5) is 23.7. The number of carboxylic acids is 1. The molecule has 1 saturated carbocycles. The van der Waals surface area contributed by atoms with Gasteiger partial charge < -0.3 is 10.0 Å². The quantitative estimate of drug-likeness (QED) is 0.744. The van der Waals surface area contributed by atoms with Crippen molar-refractivity contribution in [3.63, 3.8) is 0 Å². The Labute approximate surface area is 83.9 Å². The van der Waals surface area contributed by atoms with Gasteiger partial charge in [-0.2, -0.15) is 0 Å². The standard InChI is InChI=1S/C10H17NO3/c1-7(10(13)14)11(8(2)12)9-5-3-4-6-9/h7,9H,3-6H2,1-2H3,(H,13,14). The number of carboxylic acid groups (broad SMARTS) is 1. The molecule has 1 N–H and O–H groups in total. The summed E-state index contributed by atoms with van der Waals surface area (Å²) in [7, 11) is 0. The highest BCUT2D eigenvalue weighted by atomic mass is 16.4. The number of aliphatic carboxylic acids is 1. The van der Waals surface area contributed by atoms with E-state index in [4.69, 9.17) is 5.11 Å². The Morgan fingerprint density at radius 1 is 1.36 bits per heavy atom. The summed E-state index contributed by atoms with van der Waals surface area (Å²) in [5.74, 6) is -1.06. The van der Waals surface area contributed by atoms with Crippen molar-refractivity contribution in [3.8, 4) is 0 Å². The van der Waals surface area contributed by atoms with Gasteiger partial charge in [-0.05, 0) is 19.8 Å². The molecule has 1 aliphatic rings. The molecule has 0 bridgehead atoms. The highest BCUT2D eigenvalue weighted by molar-refractivity contribution is 5.82. The minimum absolute atomic E-state index is 0.133. The van der Waals surface area contributed by atoms with Crippen LogP contribution in [0.4, 0.5) is 0 Å². The van der Waals surface area contributed by atoms with Crippen LogP contribution >= 0.6 is 0 Å². The van der Waals surface area contributed by atoms with Gasteiger partial charge in [0.2, 0.25) is 5.91 Å². The summed E-state index contributed by atoms with van der Waals surface area (Å²) in [5.41, 5.74) is 0. The third kappa shape index (κ3) is 2.25. The second kappa shape index (κ2) is 4.44. The molecule has 0 aromatic heterocycles. The third-order valence-corrected chi connectivity index (χ3v) is 2.86. The molecule has 1 unspecified atom stereocenters. The van der Waals surface area contributed by atoms with Gasteiger partial charge in [-0.3, -0.25) is 4.79 Å². The average Bonchev–Trinajstić information content (AvgIpc) is 2.56. The maximum atomic E-state index is 11.3. The van der Waals surface area contributed by atoms with Crippen molar-refractivity contribution < 1.29 is 14.7 Å². The zero-order chi connectivity index (χ0) is 10.7. The van der Waals surface area contributed by atoms with E-state index < -0.39 is 12.0 Å². The van der Waals surface area contributed by atoms with E-state index in [1.165, 1.54) is 11.8 Å². The number of nitrogens with zero attached hydrogens (tertiary/aromatic N) is 1. The molecule has 0 heterocycles. The smallest absolute Gasteiger partial charge is 0.326 e. The van der Waals surface area contributed by atoms with Crippen LogP contribution in [0.3, 0.4) is 0 Å². The molecule has 0 aliphatic heterocycles. The zero-order valence-corrected chi connectivity index (χ0v) is 8.69. The number of carbonyl (C=O) groups excluding carboxylic acids is 1. The van der Waals surface area contributed by atoms with E-state index in [0.717, 1.165) is 25.7 Å². The number of hydrogen-bond acceptors (Lipinski definition) is 2. The van der Waals surface area contributed by atoms with E-state index in [2.05, 4.69) is 0 Å². The van der Waals surface area contributed by atoms with E-state index in [-0.39, 0.29) is 11.9 Å². The number of rotatable bonds is 3. The second-order valence-electron chi connectivity index (χ2n) is 3.88. The molecular weight excluding hydrogens is 182 g/mol. The molecule has 1 rings (SSSR count). The van der Waals surface area contributed by atoms with E-state index in [1.54, 1.807) is 6.92 Å². The largest absolute Gasteiger partial charge is 0.480 e. The maximum absolute atomic E-state index is 11.3. The van der Waals surface area contributed by atoms with E-state index >= 15 is 0 Å². The summed E-state index contributed by atoms with van der Waals surface area (Å²) in [5, 5.41) is 8.87. The van der Waals surface area contributed by atoms with E-state index in [1.807, 2.05) is 0 Å². The Morgan fingerprint density at radius 2 is 1.86 bits per heavy atom. The summed E-state index contributed by atoms with van der Waals surface area (Å²) >= 11 is 0. The average molecular weight is 199 g/mol. The molecule has 1 amide bonds. The Morgan fingerprint density at radius 3 is 2.21 bits per heavy atom. The molecule has 1 atom stereocenters. The van der Waals surface area contributed by atoms with Gasteiger partial charge in [0.05, 0.1) is 0 Å². The number of amides is 1. The lowest BCUT2D eigenvalue weighted by Crippen LogP contribution is -2.47. The Bertz CT molecular complexity index is 234. The van der Waals surface area contributed by atoms with Crippen molar-refractivity contribution in [1.82, 2.24) is 4.90 Å². The van der Waals surface area contributed by atoms with Gasteiger partial charge in [-0.25, -0.2) is 4.79 Å². The molecule has 0 aromatic carbocycles. The molecule has 1 aliphatic carbocycles. The first-order valence-corrected chi connectivity index (χ1v) is 5.05. The summed E-state index contributed by atoms with van der Waals surface area (Å²) in [6.07, 6.45) is 4.08. The first-order chi connectivity index (χ1) is 6.54. The molecular formula is C10H17NO3. The van der Waals surface area contributed by atoms with Gasteiger partial charge in [0.1, 0.15) is 6.04 Å². The maximum Gasteiger partial charge on any atom is 0.326 e. The minimum Gasteiger partial charge on any atom is -0.480 e. The molecule has 0 saturated heterocycles. The minimum atomic E-state index is -0.924. The molecule has 0 radical (unpaired) electrons. The summed E-state index contributed by atoms with van der Waals surface area (Å²) < 4.78 is 0. The molecule has 14 heavy (non-hydrogen) atoms. The van der Waals surface area contributed by atoms with Gasteiger partial charge in [0.15, 0.2) is 0 Å². The van der Waals surface area contributed by atoms with Crippen LogP contribution in [-0.4, -0.2) is 34.0 Å². The first kappa shape index (κ1) is 11.0. The van der Waals surface area contributed by atoms with Crippen LogP contribution in [0.5, 0.6) is 0 Å². The third-order valence-electron chi connectivity index (χ3n) is 2.86. The van der Waals surface area contributed by atoms with Crippen molar-refractivity contribution in [1.29, 1.82) is 0 Å². The van der Waals surface area contributed by atoms with E-state index in [9.17, 15) is 9.59 Å². The highest BCUT2D eigenvalue weighted by Crippen LogP contribution is 2.25. The molecule has 80 valence electrons. The Balaban J connectivity index is 2.72. The van der Waals surface area contributed by atoms with Crippen molar-refractivity contribution in [2.75, 3.05) is 0 Å². The second-order valence-corrected chi connectivity index (χ2v) is 3.88. The van der Waals surface area contributed by atoms with Gasteiger partial charge >= 0.3 is 5.97 Å². The number of carbonyl (C=O) groups is 2. The Kier molecular flexibility index (Phi) is 3.49. The molecule has 0 spiro atoms. The normalized spacial score (nSPS) is 19.3. The van der Waals surface area contributed by atoms with Gasteiger partial charge in [-0.1, -0.05) is 12.8 Å². The van der Waals surface area contributed by atoms with Crippen LogP contribution in [0.15, 0.2) is 0 Å². The van der Waals surface area contributed by atoms with Crippen molar-refractivity contribution in [3.05, 3.63) is 0 Å². The molecule has 1 fully saturated rings. The molecule has 4 nitrogen and oxygen atoms in total. The SMILES string of the molecule is CC(=O)N(C1CCCC1)C(C)C(=O)O. The lowest BCUT2D eigenvalue weighted by molar-refractivity contribution is -0.150. The van der Waals surface area contributed by atoms with Gasteiger partial charge in [-0.15, -0.1) is 0 Å². The predicted octanol–water partition coefficient (Wildman–Crippen LogP) is 1.25. The van der Waals surface area contributed by atoms with Crippen LogP contribution in [-0.2, 0) is 9.59 Å². The van der Waals surface area contributed by atoms with Crippen LogP contribution in [0.2, 0.25) is 0 Å². The summed E-state index contributed by atoms with van der Waals surface area (Å²) in [6, 6.07) is -0.561.